The highest BCUT2D eigenvalue weighted by Gasteiger charge is 2.34. The van der Waals surface area contributed by atoms with E-state index in [0.717, 1.165) is 37.5 Å². The number of hydrogen-bond donors (Lipinski definition) is 1. The molecule has 0 amide bonds. The first-order valence-electron chi connectivity index (χ1n) is 8.81. The van der Waals surface area contributed by atoms with Crippen LogP contribution in [-0.4, -0.2) is 26.7 Å². The van der Waals surface area contributed by atoms with Crippen LogP contribution in [0.4, 0.5) is 17.1 Å². The van der Waals surface area contributed by atoms with Crippen molar-refractivity contribution in [3.05, 3.63) is 52.5 Å². The number of nitrogens with one attached hydrogen (secondary N) is 1. The molecule has 0 saturated heterocycles. The summed E-state index contributed by atoms with van der Waals surface area (Å²) >= 11 is 6.44. The normalized spacial score (nSPS) is 17.0. The summed E-state index contributed by atoms with van der Waals surface area (Å²) < 4.78 is 0. The Labute approximate surface area is 182 Å². The number of rotatable bonds is 4. The highest BCUT2D eigenvalue weighted by atomic mass is 79.9. The molecule has 1 atom stereocenters. The molecule has 2 heterocycles. The number of halogens is 3. The van der Waals surface area contributed by atoms with Crippen molar-refractivity contribution in [2.75, 3.05) is 36.5 Å². The highest BCUT2D eigenvalue weighted by Crippen LogP contribution is 2.49. The molecule has 26 heavy (non-hydrogen) atoms. The molecular formula is C20H26Br2ClN3. The topological polar surface area (TPSA) is 18.5 Å². The van der Waals surface area contributed by atoms with Crippen LogP contribution in [0.2, 0.25) is 5.02 Å². The van der Waals surface area contributed by atoms with Crippen molar-refractivity contribution in [1.82, 2.24) is 5.32 Å². The Balaban J connectivity index is 0.00000121. The van der Waals surface area contributed by atoms with Gasteiger partial charge in [-0.2, -0.15) is 0 Å². The zero-order valence-corrected chi connectivity index (χ0v) is 19.3. The minimum Gasteiger partial charge on any atom is -0.363 e. The molecule has 0 radical (unpaired) electrons. The maximum absolute atomic E-state index is 6.44. The monoisotopic (exact) mass is 501 g/mol. The molecule has 2 aliphatic rings. The lowest BCUT2D eigenvalue weighted by atomic mass is 10.0. The summed E-state index contributed by atoms with van der Waals surface area (Å²) in [6, 6.07) is 13.4. The molecule has 0 aromatic heterocycles. The lowest BCUT2D eigenvalue weighted by Gasteiger charge is -2.31. The predicted molar refractivity (Wildman–Crippen MR) is 124 cm³/mol. The highest BCUT2D eigenvalue weighted by molar-refractivity contribution is 8.93. The van der Waals surface area contributed by atoms with Gasteiger partial charge in [-0.05, 0) is 68.8 Å². The minimum absolute atomic E-state index is 0. The summed E-state index contributed by atoms with van der Waals surface area (Å²) in [6.07, 6.45) is 2.20. The average Bonchev–Trinajstić information content (AvgIpc) is 2.97. The zero-order valence-electron chi connectivity index (χ0n) is 15.2. The van der Waals surface area contributed by atoms with Crippen molar-refractivity contribution < 1.29 is 0 Å². The molecule has 0 bridgehead atoms. The van der Waals surface area contributed by atoms with E-state index in [1.54, 1.807) is 0 Å². The van der Waals surface area contributed by atoms with E-state index in [0.29, 0.717) is 6.04 Å². The number of benzene rings is 2. The SMILES string of the molecule is Br.Br.CNCCCN1c2ccccc2N2CCc3cc(Cl)cc(c32)C1C. The van der Waals surface area contributed by atoms with Gasteiger partial charge in [0.25, 0.3) is 0 Å². The Kier molecular flexibility index (Phi) is 7.43. The molecule has 0 fully saturated rings. The van der Waals surface area contributed by atoms with Gasteiger partial charge in [0.2, 0.25) is 0 Å². The number of hydrogen-bond acceptors (Lipinski definition) is 3. The van der Waals surface area contributed by atoms with Gasteiger partial charge < -0.3 is 15.1 Å². The number of para-hydroxylation sites is 2. The second kappa shape index (κ2) is 8.96. The van der Waals surface area contributed by atoms with Gasteiger partial charge in [-0.3, -0.25) is 0 Å². The van der Waals surface area contributed by atoms with Gasteiger partial charge in [0.1, 0.15) is 0 Å². The molecule has 2 aromatic rings. The van der Waals surface area contributed by atoms with Gasteiger partial charge in [-0.25, -0.2) is 0 Å². The third kappa shape index (κ3) is 3.64. The van der Waals surface area contributed by atoms with Crippen LogP contribution in [0, 0.1) is 0 Å². The van der Waals surface area contributed by atoms with Crippen LogP contribution in [0.25, 0.3) is 0 Å². The fraction of sp³-hybridized carbons (Fsp3) is 0.400. The summed E-state index contributed by atoms with van der Waals surface area (Å²) in [4.78, 5) is 5.03. The van der Waals surface area contributed by atoms with Crippen LogP contribution in [0.15, 0.2) is 36.4 Å². The lowest BCUT2D eigenvalue weighted by molar-refractivity contribution is 0.628. The fourth-order valence-corrected chi connectivity index (χ4v) is 4.40. The predicted octanol–water partition coefficient (Wildman–Crippen LogP) is 5.68. The Morgan fingerprint density at radius 1 is 1.15 bits per heavy atom. The van der Waals surface area contributed by atoms with E-state index in [9.17, 15) is 0 Å². The van der Waals surface area contributed by atoms with Gasteiger partial charge in [0.15, 0.2) is 0 Å². The van der Waals surface area contributed by atoms with Gasteiger partial charge in [-0.1, -0.05) is 23.7 Å². The maximum Gasteiger partial charge on any atom is 0.0649 e. The van der Waals surface area contributed by atoms with Crippen LogP contribution in [-0.2, 0) is 6.42 Å². The van der Waals surface area contributed by atoms with Crippen LogP contribution in [0.1, 0.15) is 30.5 Å². The molecular weight excluding hydrogens is 478 g/mol. The smallest absolute Gasteiger partial charge is 0.0649 e. The molecule has 1 unspecified atom stereocenters. The Hall–Kier alpha value is -0.750. The van der Waals surface area contributed by atoms with E-state index in [1.807, 2.05) is 7.05 Å². The van der Waals surface area contributed by atoms with Crippen molar-refractivity contribution in [1.29, 1.82) is 0 Å². The first-order valence-corrected chi connectivity index (χ1v) is 9.18. The molecule has 0 spiro atoms. The van der Waals surface area contributed by atoms with E-state index < -0.39 is 0 Å². The van der Waals surface area contributed by atoms with E-state index in [2.05, 4.69) is 58.4 Å². The second-order valence-corrected chi connectivity index (χ2v) is 7.16. The third-order valence-corrected chi connectivity index (χ3v) is 5.50. The summed E-state index contributed by atoms with van der Waals surface area (Å²) in [5.74, 6) is 0. The Morgan fingerprint density at radius 3 is 2.62 bits per heavy atom. The van der Waals surface area contributed by atoms with Crippen molar-refractivity contribution >= 4 is 62.6 Å². The molecule has 0 aliphatic carbocycles. The molecule has 6 heteroatoms. The minimum atomic E-state index is 0. The molecule has 2 aromatic carbocycles. The van der Waals surface area contributed by atoms with Gasteiger partial charge in [0, 0.05) is 23.8 Å². The van der Waals surface area contributed by atoms with Gasteiger partial charge >= 0.3 is 0 Å². The van der Waals surface area contributed by atoms with Crippen LogP contribution >= 0.6 is 45.6 Å². The van der Waals surface area contributed by atoms with Crippen molar-refractivity contribution in [3.8, 4) is 0 Å². The lowest BCUT2D eigenvalue weighted by Crippen LogP contribution is -2.29. The quantitative estimate of drug-likeness (QED) is 0.542. The van der Waals surface area contributed by atoms with Gasteiger partial charge in [0.05, 0.1) is 17.4 Å². The number of fused-ring (bicyclic) bond motifs is 2. The Morgan fingerprint density at radius 2 is 1.88 bits per heavy atom. The maximum atomic E-state index is 6.44. The van der Waals surface area contributed by atoms with E-state index >= 15 is 0 Å². The number of anilines is 3. The summed E-state index contributed by atoms with van der Waals surface area (Å²) in [5, 5.41) is 4.12. The molecule has 2 aliphatic heterocycles. The van der Waals surface area contributed by atoms with Crippen molar-refractivity contribution in [3.63, 3.8) is 0 Å². The molecule has 3 nitrogen and oxygen atoms in total. The Bertz CT molecular complexity index is 769. The summed E-state index contributed by atoms with van der Waals surface area (Å²) in [6.45, 7) is 5.41. The summed E-state index contributed by atoms with van der Waals surface area (Å²) in [5.41, 5.74) is 6.79. The molecule has 1 N–H and O–H groups in total. The first-order chi connectivity index (χ1) is 11.7. The van der Waals surface area contributed by atoms with Crippen LogP contribution in [0.5, 0.6) is 0 Å². The third-order valence-electron chi connectivity index (χ3n) is 5.28. The van der Waals surface area contributed by atoms with Crippen LogP contribution in [0.3, 0.4) is 0 Å². The molecule has 0 saturated carbocycles. The second-order valence-electron chi connectivity index (χ2n) is 6.72. The fourth-order valence-electron chi connectivity index (χ4n) is 4.15. The first kappa shape index (κ1) is 21.5. The van der Waals surface area contributed by atoms with E-state index in [4.69, 9.17) is 11.6 Å². The number of nitrogens with zero attached hydrogens (tertiary/aromatic N) is 2. The zero-order chi connectivity index (χ0) is 16.7. The standard InChI is InChI=1S/C20H24ClN3.2BrH/c1-14-17-13-16(21)12-15-8-11-24(20(15)17)19-7-4-3-6-18(19)23(14)10-5-9-22-2;;/h3-4,6-7,12-14,22H,5,8-11H2,1-2H3;2*1H. The largest absolute Gasteiger partial charge is 0.363 e. The van der Waals surface area contributed by atoms with E-state index in [-0.39, 0.29) is 34.0 Å². The molecule has 4 rings (SSSR count). The summed E-state index contributed by atoms with van der Waals surface area (Å²) in [7, 11) is 2.02. The molecule has 142 valence electrons. The van der Waals surface area contributed by atoms with E-state index in [1.165, 1.54) is 28.2 Å². The van der Waals surface area contributed by atoms with Crippen LogP contribution < -0.4 is 15.1 Å². The average molecular weight is 504 g/mol. The van der Waals surface area contributed by atoms with Crippen molar-refractivity contribution in [2.24, 2.45) is 0 Å². The van der Waals surface area contributed by atoms with Gasteiger partial charge in [-0.15, -0.1) is 34.0 Å². The van der Waals surface area contributed by atoms with Crippen molar-refractivity contribution in [2.45, 2.75) is 25.8 Å².